The molecule has 0 radical (unpaired) electrons. The smallest absolute Gasteiger partial charge is 0.265 e. The highest BCUT2D eigenvalue weighted by Crippen LogP contribution is 2.41. The van der Waals surface area contributed by atoms with E-state index in [1.165, 1.54) is 4.68 Å². The number of sulfonamides is 1. The molecule has 2 amide bonds. The van der Waals surface area contributed by atoms with E-state index in [9.17, 15) is 18.0 Å². The molecule has 9 nitrogen and oxygen atoms in total. The molecule has 2 N–H and O–H groups in total. The minimum atomic E-state index is -3.80. The van der Waals surface area contributed by atoms with Gasteiger partial charge >= 0.3 is 0 Å². The summed E-state index contributed by atoms with van der Waals surface area (Å²) in [4.78, 5) is 25.1. The second kappa shape index (κ2) is 8.64. The third-order valence-corrected chi connectivity index (χ3v) is 7.34. The fraction of sp³-hybridized carbons (Fsp3) is 0.125. The van der Waals surface area contributed by atoms with Crippen LogP contribution in [0.2, 0.25) is 0 Å². The molecule has 10 heteroatoms. The topological polar surface area (TPSA) is 113 Å². The second-order valence-electron chi connectivity index (χ2n) is 7.87. The largest absolute Gasteiger partial charge is 0.350 e. The SMILES string of the molecule is O=C(CN1c2cccc3cccc(c23)S1(=O)=O)NCc1cccc(NC(=O)Cn2cccn2)c1. The van der Waals surface area contributed by atoms with E-state index in [1.54, 1.807) is 60.9 Å². The minimum Gasteiger partial charge on any atom is -0.350 e. The fourth-order valence-electron chi connectivity index (χ4n) is 4.02. The summed E-state index contributed by atoms with van der Waals surface area (Å²) in [5.41, 5.74) is 1.86. The lowest BCUT2D eigenvalue weighted by molar-refractivity contribution is -0.120. The molecule has 0 atom stereocenters. The van der Waals surface area contributed by atoms with Gasteiger partial charge in [-0.1, -0.05) is 36.4 Å². The molecule has 0 fully saturated rings. The number of anilines is 2. The van der Waals surface area contributed by atoms with Crippen molar-refractivity contribution in [3.8, 4) is 0 Å². The average Bonchev–Trinajstić information content (AvgIpc) is 3.40. The van der Waals surface area contributed by atoms with Crippen molar-refractivity contribution in [3.63, 3.8) is 0 Å². The van der Waals surface area contributed by atoms with Gasteiger partial charge in [0.25, 0.3) is 10.0 Å². The van der Waals surface area contributed by atoms with Gasteiger partial charge in [0.05, 0.1) is 10.6 Å². The van der Waals surface area contributed by atoms with E-state index in [2.05, 4.69) is 15.7 Å². The summed E-state index contributed by atoms with van der Waals surface area (Å²) in [6, 6.07) is 19.3. The summed E-state index contributed by atoms with van der Waals surface area (Å²) >= 11 is 0. The molecule has 0 saturated heterocycles. The Morgan fingerprint density at radius 2 is 1.71 bits per heavy atom. The summed E-state index contributed by atoms with van der Waals surface area (Å²) in [5, 5.41) is 11.0. The number of nitrogens with one attached hydrogen (secondary N) is 2. The molecule has 0 unspecified atom stereocenters. The van der Waals surface area contributed by atoms with Crippen LogP contribution in [0.15, 0.2) is 84.0 Å². The third-order valence-electron chi connectivity index (χ3n) is 5.53. The van der Waals surface area contributed by atoms with E-state index >= 15 is 0 Å². The molecule has 0 saturated carbocycles. The van der Waals surface area contributed by atoms with Gasteiger partial charge in [-0.25, -0.2) is 8.42 Å². The number of benzene rings is 3. The molecule has 0 bridgehead atoms. The molecule has 0 aliphatic carbocycles. The van der Waals surface area contributed by atoms with E-state index in [1.807, 2.05) is 18.2 Å². The lowest BCUT2D eigenvalue weighted by Crippen LogP contribution is -2.38. The molecule has 1 aliphatic rings. The Kier molecular flexibility index (Phi) is 5.50. The first-order chi connectivity index (χ1) is 16.4. The predicted molar refractivity (Wildman–Crippen MR) is 128 cm³/mol. The predicted octanol–water partition coefficient (Wildman–Crippen LogP) is 2.50. The van der Waals surface area contributed by atoms with Crippen LogP contribution in [0.25, 0.3) is 10.8 Å². The lowest BCUT2D eigenvalue weighted by Gasteiger charge is -2.18. The van der Waals surface area contributed by atoms with Gasteiger partial charge in [-0.05, 0) is 41.3 Å². The average molecular weight is 476 g/mol. The lowest BCUT2D eigenvalue weighted by atomic mass is 10.1. The first kappa shape index (κ1) is 21.7. The highest BCUT2D eigenvalue weighted by molar-refractivity contribution is 7.93. The summed E-state index contributed by atoms with van der Waals surface area (Å²) in [7, 11) is -3.80. The Balaban J connectivity index is 1.23. The van der Waals surface area contributed by atoms with Crippen LogP contribution in [0.5, 0.6) is 0 Å². The molecule has 4 aromatic rings. The third kappa shape index (κ3) is 4.11. The number of hydrogen-bond donors (Lipinski definition) is 2. The molecule has 172 valence electrons. The van der Waals surface area contributed by atoms with Gasteiger partial charge < -0.3 is 10.6 Å². The van der Waals surface area contributed by atoms with Gasteiger partial charge in [0.15, 0.2) is 0 Å². The molecule has 5 rings (SSSR count). The molecule has 34 heavy (non-hydrogen) atoms. The van der Waals surface area contributed by atoms with Crippen molar-refractivity contribution in [2.45, 2.75) is 18.0 Å². The minimum absolute atomic E-state index is 0.0907. The maximum absolute atomic E-state index is 13.0. The van der Waals surface area contributed by atoms with Crippen LogP contribution < -0.4 is 14.9 Å². The molecular weight excluding hydrogens is 454 g/mol. The number of hydrogen-bond acceptors (Lipinski definition) is 5. The highest BCUT2D eigenvalue weighted by Gasteiger charge is 2.36. The summed E-state index contributed by atoms with van der Waals surface area (Å²) in [6.45, 7) is -0.0451. The van der Waals surface area contributed by atoms with Crippen LogP contribution in [-0.2, 0) is 32.7 Å². The fourth-order valence-corrected chi connectivity index (χ4v) is 5.68. The Hall–Kier alpha value is -4.18. The van der Waals surface area contributed by atoms with Gasteiger partial charge in [0, 0.05) is 30.0 Å². The van der Waals surface area contributed by atoms with Crippen LogP contribution in [0.3, 0.4) is 0 Å². The molecule has 2 heterocycles. The van der Waals surface area contributed by atoms with Crippen molar-refractivity contribution in [1.29, 1.82) is 0 Å². The monoisotopic (exact) mass is 475 g/mol. The van der Waals surface area contributed by atoms with Gasteiger partial charge in [-0.2, -0.15) is 5.10 Å². The van der Waals surface area contributed by atoms with E-state index in [4.69, 9.17) is 0 Å². The molecule has 1 aromatic heterocycles. The Bertz CT molecular complexity index is 1490. The normalized spacial score (nSPS) is 13.7. The van der Waals surface area contributed by atoms with E-state index in [0.717, 1.165) is 15.3 Å². The second-order valence-corrected chi connectivity index (χ2v) is 9.70. The number of amides is 2. The van der Waals surface area contributed by atoms with E-state index in [0.29, 0.717) is 16.8 Å². The van der Waals surface area contributed by atoms with Crippen molar-refractivity contribution in [1.82, 2.24) is 15.1 Å². The maximum Gasteiger partial charge on any atom is 0.265 e. The van der Waals surface area contributed by atoms with Crippen LogP contribution in [0, 0.1) is 0 Å². The van der Waals surface area contributed by atoms with Gasteiger partial charge in [-0.15, -0.1) is 0 Å². The van der Waals surface area contributed by atoms with Crippen molar-refractivity contribution in [2.75, 3.05) is 16.2 Å². The van der Waals surface area contributed by atoms with Crippen molar-refractivity contribution in [3.05, 3.63) is 84.7 Å². The van der Waals surface area contributed by atoms with E-state index in [-0.39, 0.29) is 30.4 Å². The molecule has 3 aromatic carbocycles. The van der Waals surface area contributed by atoms with Crippen molar-refractivity contribution < 1.29 is 18.0 Å². The Morgan fingerprint density at radius 1 is 0.912 bits per heavy atom. The Labute approximate surface area is 196 Å². The van der Waals surface area contributed by atoms with Crippen LogP contribution >= 0.6 is 0 Å². The zero-order chi connectivity index (χ0) is 23.7. The van der Waals surface area contributed by atoms with Crippen molar-refractivity contribution in [2.24, 2.45) is 0 Å². The first-order valence-corrected chi connectivity index (χ1v) is 12.0. The van der Waals surface area contributed by atoms with Gasteiger partial charge in [0.2, 0.25) is 11.8 Å². The zero-order valence-corrected chi connectivity index (χ0v) is 18.8. The quantitative estimate of drug-likeness (QED) is 0.426. The number of carbonyl (C=O) groups excluding carboxylic acids is 2. The van der Waals surface area contributed by atoms with E-state index < -0.39 is 15.9 Å². The zero-order valence-electron chi connectivity index (χ0n) is 18.0. The van der Waals surface area contributed by atoms with Crippen LogP contribution in [-0.4, -0.2) is 36.6 Å². The number of carbonyl (C=O) groups is 2. The number of aromatic nitrogens is 2. The summed E-state index contributed by atoms with van der Waals surface area (Å²) in [5.74, 6) is -0.653. The first-order valence-electron chi connectivity index (χ1n) is 10.6. The van der Waals surface area contributed by atoms with Gasteiger partial charge in [0.1, 0.15) is 13.1 Å². The maximum atomic E-state index is 13.0. The van der Waals surface area contributed by atoms with Crippen LogP contribution in [0.1, 0.15) is 5.56 Å². The molecule has 0 spiro atoms. The number of rotatable bonds is 7. The highest BCUT2D eigenvalue weighted by atomic mass is 32.2. The van der Waals surface area contributed by atoms with Crippen LogP contribution in [0.4, 0.5) is 11.4 Å². The molecule has 1 aliphatic heterocycles. The van der Waals surface area contributed by atoms with Gasteiger partial charge in [-0.3, -0.25) is 18.6 Å². The Morgan fingerprint density at radius 3 is 2.50 bits per heavy atom. The van der Waals surface area contributed by atoms with Crippen molar-refractivity contribution >= 4 is 44.0 Å². The summed E-state index contributed by atoms with van der Waals surface area (Å²) < 4.78 is 28.7. The standard InChI is InChI=1S/C24H21N5O4S/c30-22(16-29-20-9-2-6-18-7-3-10-21(24(18)20)34(29,32)33)25-14-17-5-1-8-19(13-17)27-23(31)15-28-12-4-11-26-28/h1-13H,14-16H2,(H,25,30)(H,27,31). The molecular formula is C24H21N5O4S. The number of nitrogens with zero attached hydrogens (tertiary/aromatic N) is 3. The summed E-state index contributed by atoms with van der Waals surface area (Å²) in [6.07, 6.45) is 3.30.